The van der Waals surface area contributed by atoms with Gasteiger partial charge in [-0.2, -0.15) is 5.26 Å². The normalized spacial score (nSPS) is 9.95. The van der Waals surface area contributed by atoms with Crippen LogP contribution in [0.25, 0.3) is 0 Å². The van der Waals surface area contributed by atoms with E-state index >= 15 is 0 Å². The molecule has 7 nitrogen and oxygen atoms in total. The maximum absolute atomic E-state index is 11.0. The number of carbonyl (C=O) groups is 1. The number of nitriles is 1. The number of nitro groups is 1. The van der Waals surface area contributed by atoms with Gasteiger partial charge in [0.25, 0.3) is 5.69 Å². The van der Waals surface area contributed by atoms with E-state index in [1.165, 1.54) is 24.3 Å². The van der Waals surface area contributed by atoms with Gasteiger partial charge in [0.2, 0.25) is 5.76 Å². The van der Waals surface area contributed by atoms with Gasteiger partial charge in [-0.15, -0.1) is 0 Å². The largest absolute Gasteiger partial charge is 0.475 e. The molecule has 0 aliphatic carbocycles. The van der Waals surface area contributed by atoms with E-state index in [4.69, 9.17) is 14.8 Å². The molecule has 100 valence electrons. The SMILES string of the molecule is N#Cc1ccc(Sc2ccc(C(=O)O)o2)c([N+](=O)[O-])c1. The first-order chi connectivity index (χ1) is 9.51. The molecular formula is C12H6N2O5S. The van der Waals surface area contributed by atoms with E-state index < -0.39 is 10.9 Å². The zero-order chi connectivity index (χ0) is 14.7. The van der Waals surface area contributed by atoms with Crippen molar-refractivity contribution >= 4 is 23.4 Å². The lowest BCUT2D eigenvalue weighted by atomic mass is 10.2. The van der Waals surface area contributed by atoms with Crippen molar-refractivity contribution in [3.8, 4) is 6.07 Å². The van der Waals surface area contributed by atoms with Crippen LogP contribution >= 0.6 is 11.8 Å². The Kier molecular flexibility index (Phi) is 3.72. The van der Waals surface area contributed by atoms with E-state index in [1.807, 2.05) is 6.07 Å². The molecule has 0 amide bonds. The molecule has 8 heteroatoms. The molecule has 2 rings (SSSR count). The fourth-order valence-electron chi connectivity index (χ4n) is 1.41. The number of hydrogen-bond acceptors (Lipinski definition) is 6. The highest BCUT2D eigenvalue weighted by Gasteiger charge is 2.18. The molecule has 0 atom stereocenters. The van der Waals surface area contributed by atoms with Gasteiger partial charge in [0.1, 0.15) is 0 Å². The van der Waals surface area contributed by atoms with E-state index in [-0.39, 0.29) is 27.0 Å². The van der Waals surface area contributed by atoms with Gasteiger partial charge in [0.15, 0.2) is 5.09 Å². The molecule has 1 heterocycles. The molecule has 20 heavy (non-hydrogen) atoms. The van der Waals surface area contributed by atoms with Crippen LogP contribution in [-0.2, 0) is 0 Å². The molecule has 0 bridgehead atoms. The van der Waals surface area contributed by atoms with Crippen LogP contribution < -0.4 is 0 Å². The van der Waals surface area contributed by atoms with E-state index in [0.717, 1.165) is 17.8 Å². The molecule has 1 aromatic heterocycles. The van der Waals surface area contributed by atoms with Gasteiger partial charge >= 0.3 is 5.97 Å². The summed E-state index contributed by atoms with van der Waals surface area (Å²) in [7, 11) is 0. The number of benzene rings is 1. The molecule has 0 saturated heterocycles. The predicted octanol–water partition coefficient (Wildman–Crippen LogP) is 2.91. The average molecular weight is 290 g/mol. The van der Waals surface area contributed by atoms with Crippen molar-refractivity contribution in [2.24, 2.45) is 0 Å². The summed E-state index contributed by atoms with van der Waals surface area (Å²) in [4.78, 5) is 21.3. The summed E-state index contributed by atoms with van der Waals surface area (Å²) >= 11 is 0.919. The van der Waals surface area contributed by atoms with Crippen molar-refractivity contribution < 1.29 is 19.2 Å². The average Bonchev–Trinajstić information content (AvgIpc) is 2.87. The second-order valence-corrected chi connectivity index (χ2v) is 4.62. The van der Waals surface area contributed by atoms with Gasteiger partial charge in [-0.05, 0) is 36.0 Å². The van der Waals surface area contributed by atoms with Gasteiger partial charge in [0.05, 0.1) is 21.5 Å². The van der Waals surface area contributed by atoms with Gasteiger partial charge in [-0.1, -0.05) is 0 Å². The van der Waals surface area contributed by atoms with E-state index in [0.29, 0.717) is 0 Å². The van der Waals surface area contributed by atoms with E-state index in [9.17, 15) is 14.9 Å². The highest BCUT2D eigenvalue weighted by Crippen LogP contribution is 2.36. The first-order valence-electron chi connectivity index (χ1n) is 5.21. The van der Waals surface area contributed by atoms with E-state index in [2.05, 4.69) is 0 Å². The molecule has 1 N–H and O–H groups in total. The summed E-state index contributed by atoms with van der Waals surface area (Å²) in [6.45, 7) is 0. The first-order valence-corrected chi connectivity index (χ1v) is 6.02. The fourth-order valence-corrected chi connectivity index (χ4v) is 2.27. The smallest absolute Gasteiger partial charge is 0.371 e. The maximum Gasteiger partial charge on any atom is 0.371 e. The quantitative estimate of drug-likeness (QED) is 0.679. The molecule has 1 aromatic carbocycles. The van der Waals surface area contributed by atoms with Crippen molar-refractivity contribution in [2.45, 2.75) is 9.99 Å². The number of nitro benzene ring substituents is 1. The monoisotopic (exact) mass is 290 g/mol. The predicted molar refractivity (Wildman–Crippen MR) is 67.6 cm³/mol. The van der Waals surface area contributed by atoms with Crippen molar-refractivity contribution in [2.75, 3.05) is 0 Å². The highest BCUT2D eigenvalue weighted by molar-refractivity contribution is 7.99. The third kappa shape index (κ3) is 2.78. The minimum absolute atomic E-state index is 0.173. The number of hydrogen-bond donors (Lipinski definition) is 1. The van der Waals surface area contributed by atoms with Crippen molar-refractivity contribution in [3.05, 3.63) is 51.8 Å². The zero-order valence-corrected chi connectivity index (χ0v) is 10.6. The Bertz CT molecular complexity index is 732. The number of aromatic carboxylic acids is 1. The third-order valence-corrected chi connectivity index (χ3v) is 3.27. The molecular weight excluding hydrogens is 284 g/mol. The number of carboxylic acid groups (broad SMARTS) is 1. The Morgan fingerprint density at radius 2 is 2.15 bits per heavy atom. The van der Waals surface area contributed by atoms with Crippen LogP contribution in [0.5, 0.6) is 0 Å². The Balaban J connectivity index is 2.35. The summed E-state index contributed by atoms with van der Waals surface area (Å²) in [5.41, 5.74) is -0.0611. The van der Waals surface area contributed by atoms with Gasteiger partial charge in [-0.3, -0.25) is 10.1 Å². The van der Waals surface area contributed by atoms with Crippen molar-refractivity contribution in [1.82, 2.24) is 0 Å². The third-order valence-electron chi connectivity index (χ3n) is 2.29. The van der Waals surface area contributed by atoms with Crippen LogP contribution in [0.1, 0.15) is 16.1 Å². The molecule has 2 aromatic rings. The van der Waals surface area contributed by atoms with Crippen molar-refractivity contribution in [1.29, 1.82) is 5.26 Å². The number of rotatable bonds is 4. The molecule has 0 unspecified atom stereocenters. The fraction of sp³-hybridized carbons (Fsp3) is 0. The van der Waals surface area contributed by atoms with Crippen LogP contribution in [0.15, 0.2) is 44.7 Å². The lowest BCUT2D eigenvalue weighted by Crippen LogP contribution is -1.92. The lowest BCUT2D eigenvalue weighted by Gasteiger charge is -2.00. The summed E-state index contributed by atoms with van der Waals surface area (Å²) in [5, 5.41) is 28.6. The lowest BCUT2D eigenvalue weighted by molar-refractivity contribution is -0.387. The topological polar surface area (TPSA) is 117 Å². The molecule has 0 aliphatic rings. The first kappa shape index (κ1) is 13.6. The molecule has 0 spiro atoms. The Morgan fingerprint density at radius 3 is 2.70 bits per heavy atom. The Labute approximate surface area is 116 Å². The zero-order valence-electron chi connectivity index (χ0n) is 9.77. The number of furan rings is 1. The van der Waals surface area contributed by atoms with Crippen LogP contribution in [-0.4, -0.2) is 16.0 Å². The second kappa shape index (κ2) is 5.46. The van der Waals surface area contributed by atoms with E-state index in [1.54, 1.807) is 0 Å². The molecule has 0 aliphatic heterocycles. The van der Waals surface area contributed by atoms with Crippen LogP contribution in [0, 0.1) is 21.4 Å². The summed E-state index contributed by atoms with van der Waals surface area (Å²) in [6.07, 6.45) is 0. The molecule has 0 radical (unpaired) electrons. The maximum atomic E-state index is 11.0. The minimum Gasteiger partial charge on any atom is -0.475 e. The Hall–Kier alpha value is -2.79. The molecule has 0 fully saturated rings. The van der Waals surface area contributed by atoms with Crippen LogP contribution in [0.3, 0.4) is 0 Å². The minimum atomic E-state index is -1.22. The van der Waals surface area contributed by atoms with Gasteiger partial charge in [0, 0.05) is 6.07 Å². The second-order valence-electron chi connectivity index (χ2n) is 3.58. The van der Waals surface area contributed by atoms with Gasteiger partial charge < -0.3 is 9.52 Å². The van der Waals surface area contributed by atoms with Crippen LogP contribution in [0.4, 0.5) is 5.69 Å². The molecule has 0 saturated carbocycles. The standard InChI is InChI=1S/C12H6N2O5S/c13-6-7-1-3-10(8(5-7)14(17)18)20-11-4-2-9(19-11)12(15)16/h1-5H,(H,15,16). The highest BCUT2D eigenvalue weighted by atomic mass is 32.2. The van der Waals surface area contributed by atoms with Crippen molar-refractivity contribution in [3.63, 3.8) is 0 Å². The van der Waals surface area contributed by atoms with Gasteiger partial charge in [-0.25, -0.2) is 4.79 Å². The summed E-state index contributed by atoms with van der Waals surface area (Å²) in [6, 6.07) is 8.51. The summed E-state index contributed by atoms with van der Waals surface area (Å²) < 4.78 is 5.02. The number of carboxylic acids is 1. The Morgan fingerprint density at radius 1 is 1.40 bits per heavy atom. The summed E-state index contributed by atoms with van der Waals surface area (Å²) in [5.74, 6) is -1.46. The van der Waals surface area contributed by atoms with Crippen LogP contribution in [0.2, 0.25) is 0 Å². The number of nitrogens with zero attached hydrogens (tertiary/aromatic N) is 2.